The summed E-state index contributed by atoms with van der Waals surface area (Å²) >= 11 is 0. The van der Waals surface area contributed by atoms with Gasteiger partial charge in [0.15, 0.2) is 0 Å². The van der Waals surface area contributed by atoms with Crippen LogP contribution in [0, 0.1) is 0 Å². The van der Waals surface area contributed by atoms with Crippen molar-refractivity contribution in [3.63, 3.8) is 0 Å². The van der Waals surface area contributed by atoms with Crippen molar-refractivity contribution in [1.82, 2.24) is 5.32 Å². The lowest BCUT2D eigenvalue weighted by Crippen LogP contribution is -2.23. The SMILES string of the molecule is CC.c1ccc2c(c1)CC1=C2CCNC1. The van der Waals surface area contributed by atoms with Crippen LogP contribution in [0.5, 0.6) is 0 Å². The zero-order chi connectivity index (χ0) is 10.7. The molecule has 1 aromatic rings. The first kappa shape index (κ1) is 10.4. The van der Waals surface area contributed by atoms with Crippen LogP contribution in [-0.2, 0) is 6.42 Å². The molecule has 1 aliphatic heterocycles. The molecule has 0 amide bonds. The van der Waals surface area contributed by atoms with E-state index in [-0.39, 0.29) is 0 Å². The first-order valence-corrected chi connectivity index (χ1v) is 5.95. The van der Waals surface area contributed by atoms with Gasteiger partial charge in [-0.25, -0.2) is 0 Å². The normalized spacial score (nSPS) is 17.7. The average Bonchev–Trinajstić information content (AvgIpc) is 2.70. The molecular weight excluding hydrogens is 182 g/mol. The number of fused-ring (bicyclic) bond motifs is 2. The molecule has 0 aromatic heterocycles. The fraction of sp³-hybridized carbons (Fsp3) is 0.429. The first-order valence-electron chi connectivity index (χ1n) is 5.95. The van der Waals surface area contributed by atoms with Crippen LogP contribution < -0.4 is 5.32 Å². The Morgan fingerprint density at radius 3 is 2.80 bits per heavy atom. The lowest BCUT2D eigenvalue weighted by atomic mass is 10.0. The molecule has 1 nitrogen and oxygen atoms in total. The minimum atomic E-state index is 1.10. The number of hydrogen-bond donors (Lipinski definition) is 1. The summed E-state index contributed by atoms with van der Waals surface area (Å²) in [5, 5.41) is 3.43. The second-order valence-corrected chi connectivity index (χ2v) is 3.84. The van der Waals surface area contributed by atoms with Crippen LogP contribution in [0.15, 0.2) is 29.8 Å². The van der Waals surface area contributed by atoms with Gasteiger partial charge in [-0.05, 0) is 41.7 Å². The summed E-state index contributed by atoms with van der Waals surface area (Å²) in [7, 11) is 0. The molecule has 0 saturated heterocycles. The van der Waals surface area contributed by atoms with E-state index in [0.29, 0.717) is 0 Å². The van der Waals surface area contributed by atoms with Crippen molar-refractivity contribution < 1.29 is 0 Å². The Morgan fingerprint density at radius 2 is 1.93 bits per heavy atom. The highest BCUT2D eigenvalue weighted by Crippen LogP contribution is 2.35. The van der Waals surface area contributed by atoms with E-state index in [0.717, 1.165) is 13.1 Å². The second-order valence-electron chi connectivity index (χ2n) is 3.84. The summed E-state index contributed by atoms with van der Waals surface area (Å²) in [5.74, 6) is 0. The summed E-state index contributed by atoms with van der Waals surface area (Å²) < 4.78 is 0. The topological polar surface area (TPSA) is 12.0 Å². The molecule has 0 atom stereocenters. The lowest BCUT2D eigenvalue weighted by molar-refractivity contribution is 0.711. The minimum Gasteiger partial charge on any atom is -0.313 e. The van der Waals surface area contributed by atoms with Crippen LogP contribution in [0.2, 0.25) is 0 Å². The quantitative estimate of drug-likeness (QED) is 0.680. The van der Waals surface area contributed by atoms with Crippen LogP contribution in [0.25, 0.3) is 5.57 Å². The van der Waals surface area contributed by atoms with Crippen molar-refractivity contribution in [2.75, 3.05) is 13.1 Å². The van der Waals surface area contributed by atoms with E-state index in [9.17, 15) is 0 Å². The van der Waals surface area contributed by atoms with E-state index in [4.69, 9.17) is 0 Å². The molecule has 0 fully saturated rings. The summed E-state index contributed by atoms with van der Waals surface area (Å²) in [4.78, 5) is 0. The van der Waals surface area contributed by atoms with E-state index in [1.165, 1.54) is 24.0 Å². The Labute approximate surface area is 92.2 Å². The molecule has 0 saturated carbocycles. The van der Waals surface area contributed by atoms with Gasteiger partial charge < -0.3 is 5.32 Å². The molecule has 0 unspecified atom stereocenters. The predicted molar refractivity (Wildman–Crippen MR) is 65.9 cm³/mol. The van der Waals surface area contributed by atoms with E-state index < -0.39 is 0 Å². The van der Waals surface area contributed by atoms with Crippen LogP contribution in [0.4, 0.5) is 0 Å². The van der Waals surface area contributed by atoms with Crippen LogP contribution in [0.1, 0.15) is 31.4 Å². The van der Waals surface area contributed by atoms with E-state index >= 15 is 0 Å². The van der Waals surface area contributed by atoms with E-state index in [1.54, 1.807) is 11.1 Å². The minimum absolute atomic E-state index is 1.10. The maximum atomic E-state index is 3.43. The van der Waals surface area contributed by atoms with Crippen molar-refractivity contribution in [1.29, 1.82) is 0 Å². The highest BCUT2D eigenvalue weighted by Gasteiger charge is 2.22. The molecule has 0 bridgehead atoms. The van der Waals surface area contributed by atoms with Gasteiger partial charge in [0, 0.05) is 6.54 Å². The molecule has 0 spiro atoms. The fourth-order valence-corrected chi connectivity index (χ4v) is 2.43. The van der Waals surface area contributed by atoms with E-state index in [2.05, 4.69) is 29.6 Å². The Morgan fingerprint density at radius 1 is 1.13 bits per heavy atom. The third-order valence-electron chi connectivity index (χ3n) is 3.06. The van der Waals surface area contributed by atoms with Crippen molar-refractivity contribution >= 4 is 5.57 Å². The van der Waals surface area contributed by atoms with Gasteiger partial charge in [-0.15, -0.1) is 0 Å². The molecular formula is C14H19N. The second kappa shape index (κ2) is 4.63. The largest absolute Gasteiger partial charge is 0.313 e. The summed E-state index contributed by atoms with van der Waals surface area (Å²) in [6.45, 7) is 6.25. The van der Waals surface area contributed by atoms with Gasteiger partial charge in [0.1, 0.15) is 0 Å². The smallest absolute Gasteiger partial charge is 0.0174 e. The Bertz CT molecular complexity index is 377. The predicted octanol–water partition coefficient (Wildman–Crippen LogP) is 3.02. The van der Waals surface area contributed by atoms with E-state index in [1.807, 2.05) is 13.8 Å². The standard InChI is InChI=1S/C12H13N.C2H6/c1-2-4-11-9(3-1)7-10-8-13-6-5-12(10)11;1-2/h1-4,13H,5-8H2;1-2H3. The summed E-state index contributed by atoms with van der Waals surface area (Å²) in [6, 6.07) is 8.82. The zero-order valence-corrected chi connectivity index (χ0v) is 9.64. The summed E-state index contributed by atoms with van der Waals surface area (Å²) in [5.41, 5.74) is 6.28. The molecule has 1 heteroatoms. The molecule has 80 valence electrons. The molecule has 1 aliphatic carbocycles. The van der Waals surface area contributed by atoms with Gasteiger partial charge in [0.25, 0.3) is 0 Å². The van der Waals surface area contributed by atoms with Crippen molar-refractivity contribution in [3.05, 3.63) is 41.0 Å². The van der Waals surface area contributed by atoms with Gasteiger partial charge in [-0.1, -0.05) is 38.1 Å². The van der Waals surface area contributed by atoms with Crippen LogP contribution in [0.3, 0.4) is 0 Å². The molecule has 1 aromatic carbocycles. The summed E-state index contributed by atoms with van der Waals surface area (Å²) in [6.07, 6.45) is 2.39. The van der Waals surface area contributed by atoms with Crippen LogP contribution in [-0.4, -0.2) is 13.1 Å². The highest BCUT2D eigenvalue weighted by molar-refractivity contribution is 5.77. The Balaban J connectivity index is 0.000000404. The average molecular weight is 201 g/mol. The zero-order valence-electron chi connectivity index (χ0n) is 9.64. The fourth-order valence-electron chi connectivity index (χ4n) is 2.43. The van der Waals surface area contributed by atoms with Gasteiger partial charge in [-0.3, -0.25) is 0 Å². The van der Waals surface area contributed by atoms with Crippen molar-refractivity contribution in [2.24, 2.45) is 0 Å². The number of hydrogen-bond acceptors (Lipinski definition) is 1. The number of benzene rings is 1. The number of nitrogens with one attached hydrogen (secondary N) is 1. The molecule has 1 N–H and O–H groups in total. The monoisotopic (exact) mass is 201 g/mol. The molecule has 2 aliphatic rings. The molecule has 3 rings (SSSR count). The lowest BCUT2D eigenvalue weighted by Gasteiger charge is -2.15. The maximum absolute atomic E-state index is 3.43. The van der Waals surface area contributed by atoms with Gasteiger partial charge in [0.05, 0.1) is 0 Å². The Kier molecular flexibility index (Phi) is 3.22. The third kappa shape index (κ3) is 1.84. The van der Waals surface area contributed by atoms with Crippen LogP contribution >= 0.6 is 0 Å². The molecule has 0 radical (unpaired) electrons. The maximum Gasteiger partial charge on any atom is 0.0174 e. The van der Waals surface area contributed by atoms with Gasteiger partial charge in [0.2, 0.25) is 0 Å². The molecule has 15 heavy (non-hydrogen) atoms. The third-order valence-corrected chi connectivity index (χ3v) is 3.06. The first-order chi connectivity index (χ1) is 7.45. The van der Waals surface area contributed by atoms with Crippen molar-refractivity contribution in [2.45, 2.75) is 26.7 Å². The van der Waals surface area contributed by atoms with Gasteiger partial charge in [-0.2, -0.15) is 0 Å². The van der Waals surface area contributed by atoms with Gasteiger partial charge >= 0.3 is 0 Å². The molecule has 1 heterocycles. The number of rotatable bonds is 0. The highest BCUT2D eigenvalue weighted by atomic mass is 14.9. The van der Waals surface area contributed by atoms with Crippen molar-refractivity contribution in [3.8, 4) is 0 Å². The Hall–Kier alpha value is -1.08.